The highest BCUT2D eigenvalue weighted by molar-refractivity contribution is 5.25. The average Bonchev–Trinajstić information content (AvgIpc) is 2.71. The predicted octanol–water partition coefficient (Wildman–Crippen LogP) is 4.54. The molecule has 0 spiro atoms. The van der Waals surface area contributed by atoms with Crippen molar-refractivity contribution >= 4 is 0 Å². The van der Waals surface area contributed by atoms with E-state index in [-0.39, 0.29) is 0 Å². The van der Waals surface area contributed by atoms with E-state index in [9.17, 15) is 0 Å². The molecule has 2 rings (SSSR count). The molecule has 1 fully saturated rings. The summed E-state index contributed by atoms with van der Waals surface area (Å²) in [6.45, 7) is 6.40. The van der Waals surface area contributed by atoms with Gasteiger partial charge in [-0.15, -0.1) is 0 Å². The molecule has 0 amide bonds. The highest BCUT2D eigenvalue weighted by Gasteiger charge is 2.29. The Morgan fingerprint density at radius 3 is 1.93 bits per heavy atom. The van der Waals surface area contributed by atoms with Crippen LogP contribution < -0.4 is 0 Å². The zero-order valence-corrected chi connectivity index (χ0v) is 9.72. The molecule has 0 nitrogen and oxygen atoms in total. The van der Waals surface area contributed by atoms with Gasteiger partial charge < -0.3 is 0 Å². The Morgan fingerprint density at radius 2 is 1.43 bits per heavy atom. The van der Waals surface area contributed by atoms with Gasteiger partial charge in [0.05, 0.1) is 0 Å². The van der Waals surface area contributed by atoms with E-state index in [4.69, 9.17) is 0 Å². The topological polar surface area (TPSA) is 0 Å². The number of hydrogen-bond donors (Lipinski definition) is 0. The fraction of sp³-hybridized carbons (Fsp3) is 0.571. The molecule has 0 aliphatic heterocycles. The molecule has 0 heteroatoms. The summed E-state index contributed by atoms with van der Waals surface area (Å²) in [7, 11) is 0. The number of benzene rings is 1. The summed E-state index contributed by atoms with van der Waals surface area (Å²) in [4.78, 5) is 0. The summed E-state index contributed by atoms with van der Waals surface area (Å²) < 4.78 is 0. The molecule has 1 saturated carbocycles. The van der Waals surface area contributed by atoms with Crippen molar-refractivity contribution in [2.24, 2.45) is 0 Å². The van der Waals surface area contributed by atoms with E-state index in [1.165, 1.54) is 31.2 Å². The molecule has 14 heavy (non-hydrogen) atoms. The third kappa shape index (κ3) is 2.37. The van der Waals surface area contributed by atoms with E-state index < -0.39 is 0 Å². The third-order valence-electron chi connectivity index (χ3n) is 3.18. The lowest BCUT2D eigenvalue weighted by Crippen LogP contribution is -2.16. The maximum atomic E-state index is 2.40. The van der Waals surface area contributed by atoms with Crippen molar-refractivity contribution in [3.05, 3.63) is 35.9 Å². The van der Waals surface area contributed by atoms with Gasteiger partial charge in [-0.05, 0) is 23.8 Å². The van der Waals surface area contributed by atoms with Crippen molar-refractivity contribution in [2.75, 3.05) is 0 Å². The minimum absolute atomic E-state index is 0.487. The van der Waals surface area contributed by atoms with E-state index in [0.717, 1.165) is 0 Å². The first-order chi connectivity index (χ1) is 6.81. The van der Waals surface area contributed by atoms with Crippen LogP contribution in [0.4, 0.5) is 0 Å². The van der Waals surface area contributed by atoms with Crippen molar-refractivity contribution in [3.8, 4) is 0 Å². The lowest BCUT2D eigenvalue weighted by atomic mass is 9.81. The monoisotopic (exact) mass is 190 g/mol. The minimum atomic E-state index is 0.487. The molecule has 0 radical (unpaired) electrons. The van der Waals surface area contributed by atoms with Crippen molar-refractivity contribution in [1.82, 2.24) is 0 Å². The molecule has 0 N–H and O–H groups in total. The van der Waals surface area contributed by atoms with E-state index in [0.29, 0.717) is 5.41 Å². The van der Waals surface area contributed by atoms with Gasteiger partial charge >= 0.3 is 0 Å². The van der Waals surface area contributed by atoms with Gasteiger partial charge in [0, 0.05) is 0 Å². The lowest BCUT2D eigenvalue weighted by molar-refractivity contribution is 0.491. The minimum Gasteiger partial charge on any atom is -0.0683 e. The van der Waals surface area contributed by atoms with Crippen LogP contribution in [0.1, 0.15) is 52.0 Å². The normalized spacial score (nSPS) is 18.5. The number of rotatable bonds is 1. The third-order valence-corrected chi connectivity index (χ3v) is 3.18. The SMILES string of the molecule is CC.CC1(c2ccccc2)CCCC1. The molecule has 0 aromatic heterocycles. The lowest BCUT2D eigenvalue weighted by Gasteiger charge is -2.23. The van der Waals surface area contributed by atoms with Gasteiger partial charge in [-0.3, -0.25) is 0 Å². The van der Waals surface area contributed by atoms with Gasteiger partial charge in [0.1, 0.15) is 0 Å². The Hall–Kier alpha value is -0.780. The molecule has 0 atom stereocenters. The molecule has 78 valence electrons. The molecule has 0 saturated heterocycles. The molecule has 1 aromatic carbocycles. The molecular formula is C14H22. The van der Waals surface area contributed by atoms with Crippen LogP contribution in [-0.4, -0.2) is 0 Å². The van der Waals surface area contributed by atoms with Crippen molar-refractivity contribution < 1.29 is 0 Å². The maximum Gasteiger partial charge on any atom is -0.00753 e. The van der Waals surface area contributed by atoms with E-state index in [1.807, 2.05) is 13.8 Å². The van der Waals surface area contributed by atoms with Crippen LogP contribution in [-0.2, 0) is 5.41 Å². The summed E-state index contributed by atoms with van der Waals surface area (Å²) in [6, 6.07) is 10.9. The van der Waals surface area contributed by atoms with Gasteiger partial charge in [-0.25, -0.2) is 0 Å². The molecule has 0 heterocycles. The maximum absolute atomic E-state index is 2.40. The number of hydrogen-bond acceptors (Lipinski definition) is 0. The van der Waals surface area contributed by atoms with E-state index in [1.54, 1.807) is 0 Å². The van der Waals surface area contributed by atoms with Crippen LogP contribution >= 0.6 is 0 Å². The molecule has 1 aliphatic rings. The molecule has 0 unspecified atom stereocenters. The largest absolute Gasteiger partial charge is 0.0683 e. The smallest absolute Gasteiger partial charge is 0.00753 e. The summed E-state index contributed by atoms with van der Waals surface area (Å²) >= 11 is 0. The van der Waals surface area contributed by atoms with Crippen LogP contribution in [0.15, 0.2) is 30.3 Å². The van der Waals surface area contributed by atoms with E-state index >= 15 is 0 Å². The molecule has 1 aromatic rings. The first kappa shape index (κ1) is 11.3. The summed E-state index contributed by atoms with van der Waals surface area (Å²) in [5, 5.41) is 0. The average molecular weight is 190 g/mol. The Morgan fingerprint density at radius 1 is 0.929 bits per heavy atom. The van der Waals surface area contributed by atoms with Crippen molar-refractivity contribution in [2.45, 2.75) is 51.9 Å². The predicted molar refractivity (Wildman–Crippen MR) is 63.6 cm³/mol. The highest BCUT2D eigenvalue weighted by atomic mass is 14.3. The van der Waals surface area contributed by atoms with Gasteiger partial charge in [0.25, 0.3) is 0 Å². The second-order valence-electron chi connectivity index (χ2n) is 4.13. The summed E-state index contributed by atoms with van der Waals surface area (Å²) in [6.07, 6.45) is 5.56. The summed E-state index contributed by atoms with van der Waals surface area (Å²) in [5.41, 5.74) is 2.02. The Bertz CT molecular complexity index is 242. The fourth-order valence-electron chi connectivity index (χ4n) is 2.28. The van der Waals surface area contributed by atoms with Crippen LogP contribution in [0, 0.1) is 0 Å². The second kappa shape index (κ2) is 5.19. The summed E-state index contributed by atoms with van der Waals surface area (Å²) in [5.74, 6) is 0. The van der Waals surface area contributed by atoms with Crippen molar-refractivity contribution in [3.63, 3.8) is 0 Å². The Balaban J connectivity index is 0.000000461. The van der Waals surface area contributed by atoms with Crippen LogP contribution in [0.5, 0.6) is 0 Å². The Labute approximate surface area is 88.4 Å². The van der Waals surface area contributed by atoms with Gasteiger partial charge in [0.2, 0.25) is 0 Å². The van der Waals surface area contributed by atoms with Gasteiger partial charge in [0.15, 0.2) is 0 Å². The van der Waals surface area contributed by atoms with Crippen molar-refractivity contribution in [1.29, 1.82) is 0 Å². The first-order valence-corrected chi connectivity index (χ1v) is 5.87. The second-order valence-corrected chi connectivity index (χ2v) is 4.13. The zero-order chi connectivity index (χ0) is 10.4. The molecular weight excluding hydrogens is 168 g/mol. The molecule has 1 aliphatic carbocycles. The quantitative estimate of drug-likeness (QED) is 0.609. The van der Waals surface area contributed by atoms with Crippen LogP contribution in [0.25, 0.3) is 0 Å². The first-order valence-electron chi connectivity index (χ1n) is 5.87. The molecule has 0 bridgehead atoms. The Kier molecular flexibility index (Phi) is 4.19. The zero-order valence-electron chi connectivity index (χ0n) is 9.72. The standard InChI is InChI=1S/C12H16.C2H6/c1-12(9-5-6-10-12)11-7-3-2-4-8-11;1-2/h2-4,7-8H,5-6,9-10H2,1H3;1-2H3. The highest BCUT2D eigenvalue weighted by Crippen LogP contribution is 2.40. The van der Waals surface area contributed by atoms with E-state index in [2.05, 4.69) is 37.3 Å². The fourth-order valence-corrected chi connectivity index (χ4v) is 2.28. The van der Waals surface area contributed by atoms with Gasteiger partial charge in [-0.1, -0.05) is 63.9 Å². The van der Waals surface area contributed by atoms with Crippen LogP contribution in [0.2, 0.25) is 0 Å². The van der Waals surface area contributed by atoms with Crippen LogP contribution in [0.3, 0.4) is 0 Å². The van der Waals surface area contributed by atoms with Gasteiger partial charge in [-0.2, -0.15) is 0 Å².